The van der Waals surface area contributed by atoms with E-state index in [2.05, 4.69) is 35.9 Å². The topological polar surface area (TPSA) is 111 Å². The summed E-state index contributed by atoms with van der Waals surface area (Å²) in [6.45, 7) is 0. The highest BCUT2D eigenvalue weighted by Gasteiger charge is 2.45. The van der Waals surface area contributed by atoms with E-state index in [1.165, 1.54) is 0 Å². The molecule has 21 heteroatoms. The summed E-state index contributed by atoms with van der Waals surface area (Å²) in [5, 5.41) is 0.179. The smallest absolute Gasteiger partial charge is 0.332 e. The van der Waals surface area contributed by atoms with Gasteiger partial charge in [-0.25, -0.2) is 9.78 Å². The van der Waals surface area contributed by atoms with Crippen LogP contribution in [0.15, 0.2) is 4.79 Å². The molecular weight excluding hydrogens is 808 g/mol. The van der Waals surface area contributed by atoms with E-state index in [0.29, 0.717) is 48.5 Å². The van der Waals surface area contributed by atoms with Gasteiger partial charge in [-0.2, -0.15) is 52.7 Å². The molecule has 0 amide bonds. The zero-order valence-electron chi connectivity index (χ0n) is 26.5. The van der Waals surface area contributed by atoms with Crippen molar-refractivity contribution in [2.24, 2.45) is 23.7 Å². The highest BCUT2D eigenvalue weighted by molar-refractivity contribution is 9.10. The van der Waals surface area contributed by atoms with Gasteiger partial charge in [-0.15, -0.1) is 0 Å². The molecule has 2 heterocycles. The molecule has 2 fully saturated rings. The van der Waals surface area contributed by atoms with Gasteiger partial charge < -0.3 is 15.0 Å². The largest absolute Gasteiger partial charge is 0.392 e. The van der Waals surface area contributed by atoms with Crippen LogP contribution >= 0.6 is 27.5 Å². The van der Waals surface area contributed by atoms with Gasteiger partial charge >= 0.3 is 30.4 Å². The second kappa shape index (κ2) is 17.1. The Morgan fingerprint density at radius 2 is 1.06 bits per heavy atom. The van der Waals surface area contributed by atoms with Crippen LogP contribution in [0.3, 0.4) is 0 Å². The lowest BCUT2D eigenvalue weighted by Crippen LogP contribution is -2.33. The lowest BCUT2D eigenvalue weighted by atomic mass is 9.88. The molecule has 5 atom stereocenters. The number of Topliss-reactive ketones (excluding diaryl/α,β-unsaturated/α-hetero) is 2. The van der Waals surface area contributed by atoms with Crippen LogP contribution in [-0.4, -0.2) is 61.0 Å². The molecule has 6 rings (SSSR count). The van der Waals surface area contributed by atoms with E-state index >= 15 is 0 Å². The number of nitrogens with zero attached hydrogens (tertiary/aromatic N) is 1. The first-order chi connectivity index (χ1) is 23.3. The number of H-pyrrole nitrogens is 3. The maximum absolute atomic E-state index is 12.4. The minimum absolute atomic E-state index is 0.0292. The molecule has 2 aromatic rings. The van der Waals surface area contributed by atoms with Gasteiger partial charge in [0.1, 0.15) is 11.6 Å². The van der Waals surface area contributed by atoms with Crippen molar-refractivity contribution in [3.8, 4) is 0 Å². The van der Waals surface area contributed by atoms with Crippen LogP contribution in [0.25, 0.3) is 0 Å². The predicted octanol–water partition coefficient (Wildman–Crippen LogP) is 9.09. The second-order valence-corrected chi connectivity index (χ2v) is 14.2. The van der Waals surface area contributed by atoms with Crippen LogP contribution in [0.4, 0.5) is 52.7 Å². The quantitative estimate of drug-likeness (QED) is 0.182. The number of rotatable bonds is 0. The summed E-state index contributed by atoms with van der Waals surface area (Å²) in [5.41, 5.74) is 1.82. The Kier molecular flexibility index (Phi) is 14.4. The fourth-order valence-electron chi connectivity index (χ4n) is 6.08. The summed E-state index contributed by atoms with van der Waals surface area (Å²) < 4.78 is 146. The molecule has 290 valence electrons. The van der Waals surface area contributed by atoms with Crippen LogP contribution < -0.4 is 5.69 Å². The molecule has 51 heavy (non-hydrogen) atoms. The van der Waals surface area contributed by atoms with Gasteiger partial charge in [-0.05, 0) is 63.0 Å². The third-order valence-corrected chi connectivity index (χ3v) is 10.1. The number of carbonyl (C=O) groups excluding carboxylic acids is 2. The van der Waals surface area contributed by atoms with Gasteiger partial charge in [0.25, 0.3) is 0 Å². The van der Waals surface area contributed by atoms with Gasteiger partial charge in [0, 0.05) is 49.2 Å². The molecule has 0 aromatic carbocycles. The summed E-state index contributed by atoms with van der Waals surface area (Å²) in [4.78, 5) is 43.4. The van der Waals surface area contributed by atoms with E-state index in [1.807, 2.05) is 0 Å². The molecule has 2 saturated carbocycles. The molecule has 3 N–H and O–H groups in total. The average molecular weight is 842 g/mol. The summed E-state index contributed by atoms with van der Waals surface area (Å²) in [5.74, 6) is -5.95. The molecule has 0 spiro atoms. The monoisotopic (exact) mass is 840 g/mol. The zero-order valence-corrected chi connectivity index (χ0v) is 28.9. The van der Waals surface area contributed by atoms with Crippen molar-refractivity contribution in [1.82, 2.24) is 19.9 Å². The number of imidazole rings is 2. The molecule has 5 unspecified atom stereocenters. The van der Waals surface area contributed by atoms with E-state index in [0.717, 1.165) is 0 Å². The third-order valence-electron chi connectivity index (χ3n) is 9.00. The molecule has 7 nitrogen and oxygen atoms in total. The number of halogens is 14. The van der Waals surface area contributed by atoms with Crippen LogP contribution in [0, 0.1) is 23.7 Å². The molecule has 0 bridgehead atoms. The fourth-order valence-corrected chi connectivity index (χ4v) is 6.75. The van der Waals surface area contributed by atoms with E-state index < -0.39 is 54.1 Å². The Bertz CT molecular complexity index is 1530. The number of nitrogens with one attached hydrogen (secondary N) is 3. The molecule has 2 aromatic heterocycles. The van der Waals surface area contributed by atoms with Crippen molar-refractivity contribution in [3.05, 3.63) is 38.5 Å². The van der Waals surface area contributed by atoms with Crippen molar-refractivity contribution in [3.63, 3.8) is 0 Å². The van der Waals surface area contributed by atoms with Gasteiger partial charge in [0.15, 0.2) is 5.28 Å². The fraction of sp³-hybridized carbons (Fsp3) is 0.733. The van der Waals surface area contributed by atoms with Crippen LogP contribution in [0.1, 0.15) is 80.6 Å². The first kappa shape index (κ1) is 42.9. The Morgan fingerprint density at radius 3 is 1.57 bits per heavy atom. The van der Waals surface area contributed by atoms with Gasteiger partial charge in [0.2, 0.25) is 0 Å². The normalized spacial score (nSPS) is 25.6. The van der Waals surface area contributed by atoms with Crippen molar-refractivity contribution < 1.29 is 62.3 Å². The number of hydrogen-bond acceptors (Lipinski definition) is 4. The van der Waals surface area contributed by atoms with Crippen LogP contribution in [-0.2, 0) is 35.3 Å². The second-order valence-electron chi connectivity index (χ2n) is 12.8. The number of hydrogen-bond donors (Lipinski definition) is 3. The Labute approximate surface area is 296 Å². The number of alkyl halides is 13. The van der Waals surface area contributed by atoms with Crippen molar-refractivity contribution in [2.45, 2.75) is 113 Å². The predicted molar refractivity (Wildman–Crippen MR) is 162 cm³/mol. The number of aromatic nitrogens is 4. The maximum Gasteiger partial charge on any atom is 0.392 e. The Morgan fingerprint density at radius 1 is 0.569 bits per heavy atom. The third kappa shape index (κ3) is 13.1. The lowest BCUT2D eigenvalue weighted by molar-refractivity contribution is -0.183. The minimum Gasteiger partial charge on any atom is -0.332 e. The number of carbonyl (C=O) groups is 2. The summed E-state index contributed by atoms with van der Waals surface area (Å²) >= 11 is 8.60. The minimum atomic E-state index is -4.21. The standard InChI is InChI=1S/C8H8ClF3N2.C8H9F3N2O.C7H8BrF3O.C7H9F3O/c9-7-13-5-2-1-4(8(10,11)12)3-6(5)14-7;9-8(10,11)4-1-2-5-6(3-4)13-7(14)12-5;8-5-2-1-4(3-6(5)12)7(9,10)11;8-7(9,10)5-2-1-3-6(11)4-5/h4H,1-3H2,(H,13,14);4H,1-3H2,(H2,12,13,14);4-5H,1-3H2;5H,1-4H2. The molecule has 0 saturated heterocycles. The maximum atomic E-state index is 12.4. The summed E-state index contributed by atoms with van der Waals surface area (Å²) in [6, 6.07) is 0. The molecule has 0 radical (unpaired) electrons. The summed E-state index contributed by atoms with van der Waals surface area (Å²) in [6.07, 6.45) is -15.5. The first-order valence-corrected chi connectivity index (χ1v) is 17.1. The van der Waals surface area contributed by atoms with E-state index in [4.69, 9.17) is 11.6 Å². The Hall–Kier alpha value is -2.51. The van der Waals surface area contributed by atoms with Crippen molar-refractivity contribution >= 4 is 39.1 Å². The molecule has 4 aliphatic carbocycles. The van der Waals surface area contributed by atoms with Gasteiger partial charge in [-0.3, -0.25) is 9.59 Å². The van der Waals surface area contributed by atoms with E-state index in [1.54, 1.807) is 0 Å². The average Bonchev–Trinajstić information content (AvgIpc) is 3.57. The van der Waals surface area contributed by atoms with Crippen molar-refractivity contribution in [2.75, 3.05) is 0 Å². The van der Waals surface area contributed by atoms with Crippen molar-refractivity contribution in [1.29, 1.82) is 0 Å². The Balaban J connectivity index is 0.000000185. The lowest BCUT2D eigenvalue weighted by Gasteiger charge is -2.25. The highest BCUT2D eigenvalue weighted by atomic mass is 79.9. The van der Waals surface area contributed by atoms with Gasteiger partial charge in [-0.1, -0.05) is 15.9 Å². The zero-order chi connectivity index (χ0) is 38.5. The first-order valence-electron chi connectivity index (χ1n) is 15.8. The van der Waals surface area contributed by atoms with Crippen LogP contribution in [0.2, 0.25) is 5.28 Å². The SMILES string of the molecule is FC(F)(F)C1CCc2nc(Cl)[nH]c2C1.O=C1CC(C(F)(F)F)CCC1Br.O=C1CCCC(C(F)(F)F)C1.O=c1[nH]c2c([nH]1)CC(C(F)(F)F)CC2. The van der Waals surface area contributed by atoms with E-state index in [-0.39, 0.29) is 79.5 Å². The number of aryl methyl sites for hydroxylation is 2. The molecule has 4 aliphatic rings. The van der Waals surface area contributed by atoms with Crippen LogP contribution in [0.5, 0.6) is 0 Å². The number of ketones is 2. The summed E-state index contributed by atoms with van der Waals surface area (Å²) in [7, 11) is 0. The molecular formula is C30H34BrClF12N4O3. The number of aromatic amines is 3. The number of fused-ring (bicyclic) bond motifs is 2. The van der Waals surface area contributed by atoms with Gasteiger partial charge in [0.05, 0.1) is 34.2 Å². The highest BCUT2D eigenvalue weighted by Crippen LogP contribution is 2.39. The van der Waals surface area contributed by atoms with E-state index in [9.17, 15) is 67.1 Å². The molecule has 0 aliphatic heterocycles.